The van der Waals surface area contributed by atoms with Gasteiger partial charge in [0.1, 0.15) is 5.82 Å². The first-order chi connectivity index (χ1) is 8.67. The van der Waals surface area contributed by atoms with Crippen LogP contribution in [0.1, 0.15) is 33.1 Å². The topological polar surface area (TPSA) is 31.4 Å². The number of hydrogen-bond donors (Lipinski definition) is 1. The van der Waals surface area contributed by atoms with Gasteiger partial charge in [-0.2, -0.15) is 0 Å². The van der Waals surface area contributed by atoms with E-state index in [0.717, 1.165) is 22.3 Å². The van der Waals surface area contributed by atoms with Gasteiger partial charge in [-0.15, -0.1) is 0 Å². The van der Waals surface area contributed by atoms with Gasteiger partial charge < -0.3 is 9.88 Å². The highest BCUT2D eigenvalue weighted by atomic mass is 15.2. The summed E-state index contributed by atoms with van der Waals surface area (Å²) >= 11 is 0. The summed E-state index contributed by atoms with van der Waals surface area (Å²) in [5.41, 5.74) is 0. The Balaban J connectivity index is 2.28. The molecule has 0 aromatic carbocycles. The first kappa shape index (κ1) is 12.9. The minimum absolute atomic E-state index is 0.628. The number of aromatic nitrogens is 1. The van der Waals surface area contributed by atoms with E-state index in [2.05, 4.69) is 41.5 Å². The molecule has 2 rings (SSSR count). The van der Waals surface area contributed by atoms with Crippen molar-refractivity contribution in [3.8, 4) is 0 Å². The van der Waals surface area contributed by atoms with E-state index >= 15 is 0 Å². The molecule has 0 unspecified atom stereocenters. The Morgan fingerprint density at radius 1 is 1.61 bits per heavy atom. The van der Waals surface area contributed by atoms with Crippen LogP contribution in [0.25, 0.3) is 12.4 Å². The third-order valence-electron chi connectivity index (χ3n) is 3.99. The van der Waals surface area contributed by atoms with Crippen molar-refractivity contribution in [1.29, 1.82) is 0 Å². The smallest absolute Gasteiger partial charge is 0.137 e. The Morgan fingerprint density at radius 3 is 2.83 bits per heavy atom. The minimum atomic E-state index is 0.628. The fourth-order valence-electron chi connectivity index (χ4n) is 2.61. The average molecular weight is 245 g/mol. The van der Waals surface area contributed by atoms with E-state index in [1.54, 1.807) is 0 Å². The van der Waals surface area contributed by atoms with Gasteiger partial charge in [-0.3, -0.25) is 0 Å². The number of aliphatic imine (C=N–C) groups is 1. The molecule has 0 spiro atoms. The molecule has 0 aliphatic heterocycles. The van der Waals surface area contributed by atoms with Crippen molar-refractivity contribution in [1.82, 2.24) is 9.88 Å². The van der Waals surface area contributed by atoms with E-state index in [1.165, 1.54) is 19.3 Å². The molecule has 0 atom stereocenters. The van der Waals surface area contributed by atoms with E-state index in [0.29, 0.717) is 6.04 Å². The standard InChI is InChI=1S/C15H23N3/c1-5-12-9-13(10-12)18(4)15(16-6-2)14-7-8-17-11(14)3/h6-8,12-13,17H,3,5,9-10H2,1-2,4H3/b15-14+,16-6?. The van der Waals surface area contributed by atoms with Crippen LogP contribution in [0.5, 0.6) is 0 Å². The maximum atomic E-state index is 4.54. The maximum absolute atomic E-state index is 4.54. The van der Waals surface area contributed by atoms with Gasteiger partial charge in [0, 0.05) is 36.1 Å². The molecule has 98 valence electrons. The third-order valence-corrected chi connectivity index (χ3v) is 3.99. The highest BCUT2D eigenvalue weighted by molar-refractivity contribution is 5.62. The number of H-pyrrole nitrogens is 1. The second kappa shape index (κ2) is 5.42. The van der Waals surface area contributed by atoms with E-state index in [4.69, 9.17) is 0 Å². The van der Waals surface area contributed by atoms with Crippen molar-refractivity contribution in [3.05, 3.63) is 22.8 Å². The van der Waals surface area contributed by atoms with Crippen LogP contribution in [0, 0.1) is 5.92 Å². The molecule has 3 nitrogen and oxygen atoms in total. The van der Waals surface area contributed by atoms with Crippen LogP contribution in [-0.2, 0) is 0 Å². The van der Waals surface area contributed by atoms with Crippen LogP contribution in [0.15, 0.2) is 17.3 Å². The van der Waals surface area contributed by atoms with E-state index in [1.807, 2.05) is 19.3 Å². The SMILES string of the molecule is C=c1[nH]cc/c1=C(/N=CC)N(C)C1CC(CC)C1. The van der Waals surface area contributed by atoms with Gasteiger partial charge in [-0.25, -0.2) is 4.99 Å². The first-order valence-corrected chi connectivity index (χ1v) is 6.75. The predicted molar refractivity (Wildman–Crippen MR) is 77.7 cm³/mol. The number of nitrogens with one attached hydrogen (secondary N) is 1. The summed E-state index contributed by atoms with van der Waals surface area (Å²) in [6.07, 6.45) is 7.64. The van der Waals surface area contributed by atoms with Crippen molar-refractivity contribution >= 4 is 18.6 Å². The summed E-state index contributed by atoms with van der Waals surface area (Å²) < 4.78 is 0. The molecule has 18 heavy (non-hydrogen) atoms. The van der Waals surface area contributed by atoms with Gasteiger partial charge in [0.05, 0.1) is 0 Å². The third kappa shape index (κ3) is 2.35. The monoisotopic (exact) mass is 245 g/mol. The predicted octanol–water partition coefficient (Wildman–Crippen LogP) is 1.70. The summed E-state index contributed by atoms with van der Waals surface area (Å²) in [4.78, 5) is 9.97. The van der Waals surface area contributed by atoms with Crippen LogP contribution in [-0.4, -0.2) is 29.2 Å². The van der Waals surface area contributed by atoms with Gasteiger partial charge in [0.25, 0.3) is 0 Å². The lowest BCUT2D eigenvalue weighted by atomic mass is 9.78. The van der Waals surface area contributed by atoms with Crippen molar-refractivity contribution < 1.29 is 0 Å². The van der Waals surface area contributed by atoms with Crippen molar-refractivity contribution in [2.75, 3.05) is 7.05 Å². The molecule has 1 fully saturated rings. The molecule has 1 aliphatic rings. The Hall–Kier alpha value is -1.51. The summed E-state index contributed by atoms with van der Waals surface area (Å²) in [7, 11) is 2.14. The molecule has 0 bridgehead atoms. The lowest BCUT2D eigenvalue weighted by molar-refractivity contribution is 0.143. The van der Waals surface area contributed by atoms with Crippen LogP contribution in [0.4, 0.5) is 0 Å². The first-order valence-electron chi connectivity index (χ1n) is 6.75. The molecular weight excluding hydrogens is 222 g/mol. The Morgan fingerprint density at radius 2 is 2.33 bits per heavy atom. The molecule has 1 aliphatic carbocycles. The molecule has 1 aromatic heterocycles. The normalized spacial score (nSPS) is 25.1. The van der Waals surface area contributed by atoms with Crippen molar-refractivity contribution in [3.63, 3.8) is 0 Å². The second-order valence-electron chi connectivity index (χ2n) is 5.09. The van der Waals surface area contributed by atoms with Crippen LogP contribution in [0.2, 0.25) is 0 Å². The van der Waals surface area contributed by atoms with Gasteiger partial charge in [0.2, 0.25) is 0 Å². The van der Waals surface area contributed by atoms with E-state index in [9.17, 15) is 0 Å². The zero-order valence-corrected chi connectivity index (χ0v) is 11.6. The molecule has 1 N–H and O–H groups in total. The number of hydrogen-bond acceptors (Lipinski definition) is 2. The molecular formula is C15H23N3. The summed E-state index contributed by atoms with van der Waals surface area (Å²) in [5, 5.41) is 2.05. The molecule has 1 saturated carbocycles. The fourth-order valence-corrected chi connectivity index (χ4v) is 2.61. The maximum Gasteiger partial charge on any atom is 0.137 e. The van der Waals surface area contributed by atoms with Gasteiger partial charge in [-0.1, -0.05) is 19.9 Å². The number of nitrogens with zero attached hydrogens (tertiary/aromatic N) is 2. The number of rotatable bonds is 4. The highest BCUT2D eigenvalue weighted by Gasteiger charge is 2.31. The lowest BCUT2D eigenvalue weighted by Gasteiger charge is -2.42. The Bertz CT molecular complexity index is 520. The molecule has 1 aromatic rings. The van der Waals surface area contributed by atoms with Crippen molar-refractivity contribution in [2.45, 2.75) is 39.2 Å². The average Bonchev–Trinajstić information content (AvgIpc) is 2.70. The molecule has 3 heteroatoms. The van der Waals surface area contributed by atoms with Gasteiger partial charge in [-0.05, 0) is 31.7 Å². The summed E-state index contributed by atoms with van der Waals surface area (Å²) in [6.45, 7) is 8.25. The van der Waals surface area contributed by atoms with Gasteiger partial charge in [0.15, 0.2) is 0 Å². The summed E-state index contributed by atoms with van der Waals surface area (Å²) in [6, 6.07) is 2.68. The zero-order valence-electron chi connectivity index (χ0n) is 11.6. The largest absolute Gasteiger partial charge is 0.362 e. The highest BCUT2D eigenvalue weighted by Crippen LogP contribution is 2.34. The minimum Gasteiger partial charge on any atom is -0.362 e. The second-order valence-corrected chi connectivity index (χ2v) is 5.09. The zero-order chi connectivity index (χ0) is 13.1. The fraction of sp³-hybridized carbons (Fsp3) is 0.533. The molecule has 0 saturated heterocycles. The van der Waals surface area contributed by atoms with Crippen LogP contribution in [0.3, 0.4) is 0 Å². The molecule has 1 heterocycles. The Labute approximate surface area is 109 Å². The molecule has 0 amide bonds. The lowest BCUT2D eigenvalue weighted by Crippen LogP contribution is -2.43. The Kier molecular flexibility index (Phi) is 3.90. The van der Waals surface area contributed by atoms with Crippen LogP contribution < -0.4 is 10.6 Å². The van der Waals surface area contributed by atoms with E-state index in [-0.39, 0.29) is 0 Å². The van der Waals surface area contributed by atoms with Gasteiger partial charge >= 0.3 is 0 Å². The van der Waals surface area contributed by atoms with E-state index < -0.39 is 0 Å². The quantitative estimate of drug-likeness (QED) is 0.804. The molecule has 0 radical (unpaired) electrons. The number of aromatic amines is 1. The summed E-state index contributed by atoms with van der Waals surface area (Å²) in [5.74, 6) is 1.93. The van der Waals surface area contributed by atoms with Crippen molar-refractivity contribution in [2.24, 2.45) is 10.9 Å². The van der Waals surface area contributed by atoms with Crippen LogP contribution >= 0.6 is 0 Å².